The lowest BCUT2D eigenvalue weighted by Crippen LogP contribution is -2.13. The molecule has 0 aliphatic carbocycles. The number of hydrogen-bond acceptors (Lipinski definition) is 2. The third kappa shape index (κ3) is 4.03. The Labute approximate surface area is 106 Å². The van der Waals surface area contributed by atoms with Gasteiger partial charge in [0.25, 0.3) is 5.91 Å². The van der Waals surface area contributed by atoms with E-state index in [0.717, 1.165) is 6.07 Å². The van der Waals surface area contributed by atoms with Crippen LogP contribution in [0.2, 0.25) is 0 Å². The Balaban J connectivity index is 3.23. The number of anilines is 1. The van der Waals surface area contributed by atoms with Crippen molar-refractivity contribution in [3.8, 4) is 11.8 Å². The molecule has 0 unspecified atom stereocenters. The van der Waals surface area contributed by atoms with Crippen LogP contribution < -0.4 is 5.32 Å². The molecule has 0 bridgehead atoms. The van der Waals surface area contributed by atoms with E-state index < -0.39 is 29.2 Å². The normalized spacial score (nSPS) is 10.3. The van der Waals surface area contributed by atoms with Crippen molar-refractivity contribution in [1.82, 2.24) is 0 Å². The molecule has 7 heteroatoms. The minimum Gasteiger partial charge on any atom is -0.478 e. The van der Waals surface area contributed by atoms with Gasteiger partial charge in [0.2, 0.25) is 0 Å². The van der Waals surface area contributed by atoms with Gasteiger partial charge in [-0.1, -0.05) is 5.92 Å². The second-order valence-electron chi connectivity index (χ2n) is 3.43. The van der Waals surface area contributed by atoms with Gasteiger partial charge >= 0.3 is 12.1 Å². The molecule has 0 aliphatic rings. The van der Waals surface area contributed by atoms with Crippen molar-refractivity contribution in [1.29, 1.82) is 0 Å². The third-order valence-corrected chi connectivity index (χ3v) is 2.00. The van der Waals surface area contributed by atoms with Crippen LogP contribution >= 0.6 is 0 Å². The largest absolute Gasteiger partial charge is 0.478 e. The highest BCUT2D eigenvalue weighted by atomic mass is 19.4. The molecule has 4 nitrogen and oxygen atoms in total. The molecule has 2 N–H and O–H groups in total. The zero-order chi connectivity index (χ0) is 14.6. The molecule has 0 aromatic heterocycles. The van der Waals surface area contributed by atoms with Crippen molar-refractivity contribution in [3.05, 3.63) is 29.3 Å². The Bertz CT molecular complexity index is 582. The van der Waals surface area contributed by atoms with Gasteiger partial charge < -0.3 is 10.4 Å². The number of nitrogens with one attached hydrogen (secondary N) is 1. The molecule has 19 heavy (non-hydrogen) atoms. The first kappa shape index (κ1) is 14.6. The number of rotatable bonds is 2. The Morgan fingerprint density at radius 1 is 1.26 bits per heavy atom. The van der Waals surface area contributed by atoms with Gasteiger partial charge in [0, 0.05) is 5.69 Å². The van der Waals surface area contributed by atoms with Crippen molar-refractivity contribution < 1.29 is 27.9 Å². The fraction of sp³-hybridized carbons (Fsp3) is 0.167. The van der Waals surface area contributed by atoms with Gasteiger partial charge in [-0.25, -0.2) is 4.79 Å². The van der Waals surface area contributed by atoms with Crippen LogP contribution in [0.15, 0.2) is 18.2 Å². The first-order chi connectivity index (χ1) is 8.74. The first-order valence-electron chi connectivity index (χ1n) is 4.93. The lowest BCUT2D eigenvalue weighted by Gasteiger charge is -2.10. The topological polar surface area (TPSA) is 66.4 Å². The SMILES string of the molecule is CC#CC(=O)Nc1cc(C(=O)O)cc(C(F)(F)F)c1. The molecular formula is C12H8F3NO3. The lowest BCUT2D eigenvalue weighted by atomic mass is 10.1. The van der Waals surface area contributed by atoms with Crippen LogP contribution in [0, 0.1) is 11.8 Å². The molecule has 0 fully saturated rings. The van der Waals surface area contributed by atoms with E-state index in [-0.39, 0.29) is 5.69 Å². The van der Waals surface area contributed by atoms with Crippen molar-refractivity contribution in [2.24, 2.45) is 0 Å². The number of hydrogen-bond donors (Lipinski definition) is 2. The molecule has 0 radical (unpaired) electrons. The fourth-order valence-corrected chi connectivity index (χ4v) is 1.26. The minimum absolute atomic E-state index is 0.278. The Morgan fingerprint density at radius 2 is 1.89 bits per heavy atom. The Kier molecular flexibility index (Phi) is 4.17. The van der Waals surface area contributed by atoms with E-state index in [1.165, 1.54) is 6.92 Å². The maximum atomic E-state index is 12.6. The van der Waals surface area contributed by atoms with Crippen LogP contribution in [0.25, 0.3) is 0 Å². The van der Waals surface area contributed by atoms with Crippen LogP contribution in [-0.2, 0) is 11.0 Å². The smallest absolute Gasteiger partial charge is 0.416 e. The van der Waals surface area contributed by atoms with Crippen molar-refractivity contribution in [3.63, 3.8) is 0 Å². The number of carbonyl (C=O) groups is 2. The number of alkyl halides is 3. The lowest BCUT2D eigenvalue weighted by molar-refractivity contribution is -0.137. The quantitative estimate of drug-likeness (QED) is 0.811. The van der Waals surface area contributed by atoms with Gasteiger partial charge in [0.15, 0.2) is 0 Å². The van der Waals surface area contributed by atoms with Gasteiger partial charge in [-0.2, -0.15) is 13.2 Å². The van der Waals surface area contributed by atoms with Crippen LogP contribution in [0.3, 0.4) is 0 Å². The maximum Gasteiger partial charge on any atom is 0.416 e. The standard InChI is InChI=1S/C12H8F3NO3/c1-2-3-10(17)16-9-5-7(11(18)19)4-8(6-9)12(13,14)15/h4-6H,1H3,(H,16,17)(H,18,19). The van der Waals surface area contributed by atoms with Gasteiger partial charge in [-0.3, -0.25) is 4.79 Å². The van der Waals surface area contributed by atoms with E-state index >= 15 is 0 Å². The predicted octanol–water partition coefficient (Wildman–Crippen LogP) is 2.37. The van der Waals surface area contributed by atoms with E-state index in [4.69, 9.17) is 5.11 Å². The third-order valence-electron chi connectivity index (χ3n) is 2.00. The van der Waals surface area contributed by atoms with Gasteiger partial charge in [0.05, 0.1) is 11.1 Å². The molecule has 1 amide bonds. The summed E-state index contributed by atoms with van der Waals surface area (Å²) in [6.45, 7) is 1.38. The van der Waals surface area contributed by atoms with E-state index in [0.29, 0.717) is 12.1 Å². The summed E-state index contributed by atoms with van der Waals surface area (Å²) in [5.41, 5.74) is -2.01. The molecule has 0 saturated carbocycles. The molecule has 0 atom stereocenters. The summed E-state index contributed by atoms with van der Waals surface area (Å²) in [4.78, 5) is 21.9. The van der Waals surface area contributed by atoms with E-state index in [2.05, 4.69) is 17.2 Å². The van der Waals surface area contributed by atoms with Crippen LogP contribution in [-0.4, -0.2) is 17.0 Å². The molecule has 1 aromatic rings. The molecule has 0 saturated heterocycles. The molecular weight excluding hydrogens is 263 g/mol. The highest BCUT2D eigenvalue weighted by Gasteiger charge is 2.32. The van der Waals surface area contributed by atoms with Crippen molar-refractivity contribution >= 4 is 17.6 Å². The summed E-state index contributed by atoms with van der Waals surface area (Å²) in [6, 6.07) is 2.05. The monoisotopic (exact) mass is 271 g/mol. The van der Waals surface area contributed by atoms with Crippen LogP contribution in [0.1, 0.15) is 22.8 Å². The number of carboxylic acid groups (broad SMARTS) is 1. The van der Waals surface area contributed by atoms with Gasteiger partial charge in [0.1, 0.15) is 0 Å². The molecule has 100 valence electrons. The first-order valence-corrected chi connectivity index (χ1v) is 4.93. The Morgan fingerprint density at radius 3 is 2.37 bits per heavy atom. The summed E-state index contributed by atoms with van der Waals surface area (Å²) in [6.07, 6.45) is -4.71. The number of aromatic carboxylic acids is 1. The van der Waals surface area contributed by atoms with Crippen molar-refractivity contribution in [2.45, 2.75) is 13.1 Å². The highest BCUT2D eigenvalue weighted by Crippen LogP contribution is 2.32. The molecule has 0 spiro atoms. The number of carboxylic acids is 1. The average molecular weight is 271 g/mol. The predicted molar refractivity (Wildman–Crippen MR) is 60.5 cm³/mol. The minimum atomic E-state index is -4.71. The molecule has 1 aromatic carbocycles. The van der Waals surface area contributed by atoms with Crippen LogP contribution in [0.4, 0.5) is 18.9 Å². The summed E-state index contributed by atoms with van der Waals surface area (Å²) in [5, 5.41) is 10.8. The zero-order valence-corrected chi connectivity index (χ0v) is 9.63. The number of halogens is 3. The van der Waals surface area contributed by atoms with E-state index in [1.54, 1.807) is 0 Å². The number of amides is 1. The molecule has 0 aliphatic heterocycles. The van der Waals surface area contributed by atoms with E-state index in [1.807, 2.05) is 0 Å². The zero-order valence-electron chi connectivity index (χ0n) is 9.63. The highest BCUT2D eigenvalue weighted by molar-refractivity contribution is 6.04. The molecule has 0 heterocycles. The average Bonchev–Trinajstić information content (AvgIpc) is 2.27. The van der Waals surface area contributed by atoms with Gasteiger partial charge in [-0.05, 0) is 31.0 Å². The Hall–Kier alpha value is -2.49. The summed E-state index contributed by atoms with van der Waals surface area (Å²) in [7, 11) is 0. The summed E-state index contributed by atoms with van der Waals surface area (Å²) < 4.78 is 37.7. The van der Waals surface area contributed by atoms with Crippen LogP contribution in [0.5, 0.6) is 0 Å². The summed E-state index contributed by atoms with van der Waals surface area (Å²) in [5.74, 6) is 2.00. The van der Waals surface area contributed by atoms with Gasteiger partial charge in [-0.15, -0.1) is 0 Å². The summed E-state index contributed by atoms with van der Waals surface area (Å²) >= 11 is 0. The second-order valence-corrected chi connectivity index (χ2v) is 3.43. The fourth-order valence-electron chi connectivity index (χ4n) is 1.26. The number of benzene rings is 1. The second kappa shape index (κ2) is 5.44. The molecule has 1 rings (SSSR count). The van der Waals surface area contributed by atoms with E-state index in [9.17, 15) is 22.8 Å². The number of carbonyl (C=O) groups excluding carboxylic acids is 1. The van der Waals surface area contributed by atoms with Crippen molar-refractivity contribution in [2.75, 3.05) is 5.32 Å². The maximum absolute atomic E-state index is 12.6.